The van der Waals surface area contributed by atoms with Crippen molar-refractivity contribution in [2.75, 3.05) is 6.61 Å². The highest BCUT2D eigenvalue weighted by molar-refractivity contribution is 9.06. The molecule has 0 saturated carbocycles. The number of hydrogen-bond acceptors (Lipinski definition) is 1. The minimum atomic E-state index is 0.806. The summed E-state index contributed by atoms with van der Waals surface area (Å²) >= 11 is 2.81. The highest BCUT2D eigenvalue weighted by Gasteiger charge is 1.68. The Balaban J connectivity index is 0. The summed E-state index contributed by atoms with van der Waals surface area (Å²) in [4.78, 5) is 0. The normalized spacial score (nSPS) is 6.88. The molecule has 0 atom stereocenters. The van der Waals surface area contributed by atoms with Crippen molar-refractivity contribution in [1.29, 1.82) is 0 Å². The third kappa shape index (κ3) is 34.9. The quantitative estimate of drug-likeness (QED) is 0.595. The molecule has 0 aromatic rings. The zero-order chi connectivity index (χ0) is 6.83. The smallest absolute Gasteiger partial charge is 0.0987 e. The number of allylic oxidation sites excluding steroid dienone is 1. The lowest BCUT2D eigenvalue weighted by Crippen LogP contribution is -1.73. The van der Waals surface area contributed by atoms with E-state index in [1.807, 2.05) is 6.92 Å². The van der Waals surface area contributed by atoms with Crippen molar-refractivity contribution in [2.24, 2.45) is 0 Å². The van der Waals surface area contributed by atoms with Crippen LogP contribution in [0.2, 0.25) is 0 Å². The van der Waals surface area contributed by atoms with E-state index in [0.717, 1.165) is 13.0 Å². The van der Waals surface area contributed by atoms with Crippen molar-refractivity contribution in [2.45, 2.75) is 20.3 Å². The standard InChI is InChI=1S/C3H7BrO.C3H6/c1-2-3-5-4;1-3-2/h2-3H2,1H3;3H,1H2,2H3. The topological polar surface area (TPSA) is 9.23 Å². The summed E-state index contributed by atoms with van der Waals surface area (Å²) in [6.07, 6.45) is 2.82. The Bertz CT molecular complexity index is 35.5. The summed E-state index contributed by atoms with van der Waals surface area (Å²) in [5.74, 6) is 0. The van der Waals surface area contributed by atoms with Crippen LogP contribution >= 0.6 is 16.3 Å². The fourth-order valence-corrected chi connectivity index (χ4v) is 0.401. The molecule has 0 aliphatic carbocycles. The summed E-state index contributed by atoms with van der Waals surface area (Å²) in [6, 6.07) is 0. The van der Waals surface area contributed by atoms with Crippen LogP contribution in [0.25, 0.3) is 0 Å². The molecule has 50 valence electrons. The van der Waals surface area contributed by atoms with Crippen LogP contribution in [0, 0.1) is 0 Å². The van der Waals surface area contributed by atoms with Gasteiger partial charge in [0, 0.05) is 0 Å². The van der Waals surface area contributed by atoms with E-state index in [0.29, 0.717) is 0 Å². The minimum Gasteiger partial charge on any atom is -0.308 e. The lowest BCUT2D eigenvalue weighted by molar-refractivity contribution is 0.395. The van der Waals surface area contributed by atoms with Crippen molar-refractivity contribution in [3.63, 3.8) is 0 Å². The Morgan fingerprint density at radius 1 is 1.75 bits per heavy atom. The number of hydrogen-bond donors (Lipinski definition) is 0. The van der Waals surface area contributed by atoms with E-state index in [2.05, 4.69) is 33.6 Å². The lowest BCUT2D eigenvalue weighted by Gasteiger charge is -1.80. The molecular weight excluding hydrogens is 168 g/mol. The van der Waals surface area contributed by atoms with Crippen LogP contribution < -0.4 is 0 Å². The van der Waals surface area contributed by atoms with Gasteiger partial charge in [-0.2, -0.15) is 0 Å². The second-order valence-corrected chi connectivity index (χ2v) is 1.68. The van der Waals surface area contributed by atoms with Gasteiger partial charge in [0.1, 0.15) is 0 Å². The molecule has 0 radical (unpaired) electrons. The Hall–Kier alpha value is 0.180. The van der Waals surface area contributed by atoms with Crippen LogP contribution in [0.1, 0.15) is 20.3 Å². The van der Waals surface area contributed by atoms with Crippen LogP contribution in [0.4, 0.5) is 0 Å². The molecule has 8 heavy (non-hydrogen) atoms. The van der Waals surface area contributed by atoms with Gasteiger partial charge in [-0.1, -0.05) is 13.0 Å². The molecule has 0 heterocycles. The monoisotopic (exact) mass is 180 g/mol. The zero-order valence-electron chi connectivity index (χ0n) is 5.48. The second kappa shape index (κ2) is 15.7. The molecule has 2 heteroatoms. The van der Waals surface area contributed by atoms with Crippen molar-refractivity contribution < 1.29 is 3.83 Å². The molecule has 0 aliphatic heterocycles. The average molecular weight is 181 g/mol. The van der Waals surface area contributed by atoms with E-state index >= 15 is 0 Å². The molecule has 0 aromatic heterocycles. The first-order valence-electron chi connectivity index (χ1n) is 2.64. The highest BCUT2D eigenvalue weighted by Crippen LogP contribution is 1.84. The zero-order valence-corrected chi connectivity index (χ0v) is 7.07. The molecule has 0 aromatic carbocycles. The van der Waals surface area contributed by atoms with Gasteiger partial charge >= 0.3 is 0 Å². The van der Waals surface area contributed by atoms with Crippen molar-refractivity contribution in [3.8, 4) is 0 Å². The SMILES string of the molecule is C=CC.CCCOBr. The largest absolute Gasteiger partial charge is 0.308 e. The van der Waals surface area contributed by atoms with E-state index in [4.69, 9.17) is 0 Å². The third-order valence-electron chi connectivity index (χ3n) is 0.281. The summed E-state index contributed by atoms with van der Waals surface area (Å²) in [5.41, 5.74) is 0. The molecular formula is C6H13BrO. The van der Waals surface area contributed by atoms with Crippen molar-refractivity contribution in [1.82, 2.24) is 0 Å². The average Bonchev–Trinajstić information content (AvgIpc) is 1.71. The molecule has 0 amide bonds. The van der Waals surface area contributed by atoms with E-state index in [-0.39, 0.29) is 0 Å². The highest BCUT2D eigenvalue weighted by atomic mass is 79.9. The van der Waals surface area contributed by atoms with Gasteiger partial charge in [-0.3, -0.25) is 0 Å². The van der Waals surface area contributed by atoms with Gasteiger partial charge in [0.15, 0.2) is 0 Å². The summed E-state index contributed by atoms with van der Waals surface area (Å²) in [5, 5.41) is 0. The maximum atomic E-state index is 4.50. The van der Waals surface area contributed by atoms with Gasteiger partial charge in [0.2, 0.25) is 0 Å². The van der Waals surface area contributed by atoms with Gasteiger partial charge in [0.05, 0.1) is 22.9 Å². The molecule has 0 saturated heterocycles. The fraction of sp³-hybridized carbons (Fsp3) is 0.667. The Morgan fingerprint density at radius 3 is 2.12 bits per heavy atom. The van der Waals surface area contributed by atoms with Gasteiger partial charge < -0.3 is 3.83 Å². The first kappa shape index (κ1) is 11.0. The third-order valence-corrected chi connectivity index (χ3v) is 0.605. The Morgan fingerprint density at radius 2 is 2.12 bits per heavy atom. The van der Waals surface area contributed by atoms with Crippen molar-refractivity contribution >= 4 is 16.3 Å². The molecule has 0 bridgehead atoms. The van der Waals surface area contributed by atoms with E-state index in [9.17, 15) is 0 Å². The van der Waals surface area contributed by atoms with Crippen LogP contribution in [0.3, 0.4) is 0 Å². The molecule has 0 spiro atoms. The predicted molar refractivity (Wildman–Crippen MR) is 41.0 cm³/mol. The maximum absolute atomic E-state index is 4.50. The maximum Gasteiger partial charge on any atom is 0.0987 e. The van der Waals surface area contributed by atoms with E-state index in [1.165, 1.54) is 0 Å². The van der Waals surface area contributed by atoms with Gasteiger partial charge in [0.25, 0.3) is 0 Å². The molecule has 0 fully saturated rings. The van der Waals surface area contributed by atoms with Crippen LogP contribution in [-0.4, -0.2) is 6.61 Å². The van der Waals surface area contributed by atoms with Gasteiger partial charge in [-0.15, -0.1) is 6.58 Å². The minimum absolute atomic E-state index is 0.806. The van der Waals surface area contributed by atoms with Crippen LogP contribution in [0.5, 0.6) is 0 Å². The summed E-state index contributed by atoms with van der Waals surface area (Å²) in [7, 11) is 0. The summed E-state index contributed by atoms with van der Waals surface area (Å²) in [6.45, 7) is 8.11. The van der Waals surface area contributed by atoms with Crippen LogP contribution in [0.15, 0.2) is 12.7 Å². The first-order valence-corrected chi connectivity index (χ1v) is 3.28. The Labute approximate surface area is 60.2 Å². The molecule has 0 unspecified atom stereocenters. The predicted octanol–water partition coefficient (Wildman–Crippen LogP) is 2.92. The number of rotatable bonds is 2. The molecule has 0 N–H and O–H groups in total. The van der Waals surface area contributed by atoms with Crippen molar-refractivity contribution in [3.05, 3.63) is 12.7 Å². The van der Waals surface area contributed by atoms with E-state index in [1.54, 1.807) is 6.08 Å². The van der Waals surface area contributed by atoms with Gasteiger partial charge in [-0.25, -0.2) is 0 Å². The van der Waals surface area contributed by atoms with E-state index < -0.39 is 0 Å². The molecule has 0 aliphatic rings. The fourth-order valence-electron chi connectivity index (χ4n) is 0.0772. The molecule has 1 nitrogen and oxygen atoms in total. The Kier molecular flexibility index (Phi) is 21.7. The second-order valence-electron chi connectivity index (χ2n) is 1.22. The number of halogens is 1. The molecule has 0 rings (SSSR count). The lowest BCUT2D eigenvalue weighted by atomic mass is 10.5. The van der Waals surface area contributed by atoms with Gasteiger partial charge in [-0.05, 0) is 13.3 Å². The first-order chi connectivity index (χ1) is 3.83. The summed E-state index contributed by atoms with van der Waals surface area (Å²) < 4.78 is 4.50. The van der Waals surface area contributed by atoms with Crippen LogP contribution in [-0.2, 0) is 3.83 Å².